The normalized spacial score (nSPS) is 15.5. The van der Waals surface area contributed by atoms with E-state index in [9.17, 15) is 9.59 Å². The van der Waals surface area contributed by atoms with Gasteiger partial charge in [0, 0.05) is 65.8 Å². The van der Waals surface area contributed by atoms with Crippen LogP contribution in [0.5, 0.6) is 0 Å². The SMILES string of the molecule is COC(=O)c1ccc(C(=O)Nc2cccc(CN3CCC(Nc4cccc5cnccc45)C3)c2)cc1. The quantitative estimate of drug-likeness (QED) is 0.364. The Morgan fingerprint density at radius 1 is 1.03 bits per heavy atom. The van der Waals surface area contributed by atoms with Gasteiger partial charge < -0.3 is 15.4 Å². The van der Waals surface area contributed by atoms with Gasteiger partial charge in [-0.25, -0.2) is 4.79 Å². The van der Waals surface area contributed by atoms with Gasteiger partial charge in [-0.1, -0.05) is 24.3 Å². The van der Waals surface area contributed by atoms with Gasteiger partial charge >= 0.3 is 5.97 Å². The second kappa shape index (κ2) is 10.6. The summed E-state index contributed by atoms with van der Waals surface area (Å²) < 4.78 is 4.70. The number of ether oxygens (including phenoxy) is 1. The number of anilines is 2. The third-order valence-electron chi connectivity index (χ3n) is 6.47. The predicted molar refractivity (Wildman–Crippen MR) is 141 cm³/mol. The predicted octanol–water partition coefficient (Wildman–Crippen LogP) is 4.96. The van der Waals surface area contributed by atoms with Crippen molar-refractivity contribution in [2.75, 3.05) is 30.8 Å². The smallest absolute Gasteiger partial charge is 0.337 e. The van der Waals surface area contributed by atoms with Gasteiger partial charge in [-0.3, -0.25) is 14.7 Å². The molecule has 5 rings (SSSR count). The number of nitrogens with one attached hydrogen (secondary N) is 2. The Morgan fingerprint density at radius 2 is 1.83 bits per heavy atom. The number of carbonyl (C=O) groups is 2. The van der Waals surface area contributed by atoms with Crippen LogP contribution in [0.15, 0.2) is 85.2 Å². The first kappa shape index (κ1) is 23.5. The summed E-state index contributed by atoms with van der Waals surface area (Å²) in [5, 5.41) is 8.99. The topological polar surface area (TPSA) is 83.6 Å². The van der Waals surface area contributed by atoms with Crippen LogP contribution in [-0.2, 0) is 11.3 Å². The lowest BCUT2D eigenvalue weighted by Crippen LogP contribution is -2.26. The molecule has 0 saturated carbocycles. The standard InChI is InChI=1S/C29H28N4O3/c1-36-29(35)22-10-8-21(9-11-22)28(34)32-24-6-2-4-20(16-24)18-33-15-13-25(19-33)31-27-7-3-5-23-17-30-14-12-26(23)27/h2-12,14,16-17,25,31H,13,15,18-19H2,1H3,(H,32,34). The summed E-state index contributed by atoms with van der Waals surface area (Å²) in [6, 6.07) is 23.0. The number of pyridine rings is 1. The molecule has 1 saturated heterocycles. The third-order valence-corrected chi connectivity index (χ3v) is 6.47. The fourth-order valence-electron chi connectivity index (χ4n) is 4.65. The van der Waals surface area contributed by atoms with Crippen LogP contribution in [0.4, 0.5) is 11.4 Å². The van der Waals surface area contributed by atoms with Crippen molar-refractivity contribution >= 4 is 34.0 Å². The number of carbonyl (C=O) groups excluding carboxylic acids is 2. The minimum Gasteiger partial charge on any atom is -0.465 e. The second-order valence-electron chi connectivity index (χ2n) is 8.99. The van der Waals surface area contributed by atoms with Crippen molar-refractivity contribution in [1.82, 2.24) is 9.88 Å². The summed E-state index contributed by atoms with van der Waals surface area (Å²) in [5.74, 6) is -0.650. The van der Waals surface area contributed by atoms with Crippen LogP contribution in [0.1, 0.15) is 32.7 Å². The minimum absolute atomic E-state index is 0.223. The molecule has 1 fully saturated rings. The Labute approximate surface area is 210 Å². The number of benzene rings is 3. The Bertz CT molecular complexity index is 1380. The Morgan fingerprint density at radius 3 is 2.67 bits per heavy atom. The molecule has 2 N–H and O–H groups in total. The molecular weight excluding hydrogens is 452 g/mol. The number of aromatic nitrogens is 1. The van der Waals surface area contributed by atoms with E-state index in [1.807, 2.05) is 30.6 Å². The number of hydrogen-bond donors (Lipinski definition) is 2. The molecule has 0 aliphatic carbocycles. The molecule has 0 radical (unpaired) electrons. The first-order valence-corrected chi connectivity index (χ1v) is 12.0. The van der Waals surface area contributed by atoms with Gasteiger partial charge in [0.1, 0.15) is 0 Å². The van der Waals surface area contributed by atoms with E-state index >= 15 is 0 Å². The maximum Gasteiger partial charge on any atom is 0.337 e. The van der Waals surface area contributed by atoms with Gasteiger partial charge in [0.15, 0.2) is 0 Å². The number of rotatable bonds is 7. The number of methoxy groups -OCH3 is 1. The molecule has 1 atom stereocenters. The van der Waals surface area contributed by atoms with Gasteiger partial charge in [0.25, 0.3) is 5.91 Å². The molecule has 0 bridgehead atoms. The molecule has 7 heteroatoms. The second-order valence-corrected chi connectivity index (χ2v) is 8.99. The molecule has 182 valence electrons. The maximum absolute atomic E-state index is 12.7. The highest BCUT2D eigenvalue weighted by atomic mass is 16.5. The van der Waals surface area contributed by atoms with Crippen molar-refractivity contribution in [3.05, 3.63) is 102 Å². The summed E-state index contributed by atoms with van der Waals surface area (Å²) in [5.41, 5.74) is 3.92. The molecule has 36 heavy (non-hydrogen) atoms. The number of likely N-dealkylation sites (tertiary alicyclic amines) is 1. The Kier molecular flexibility index (Phi) is 6.91. The van der Waals surface area contributed by atoms with Crippen LogP contribution in [0.2, 0.25) is 0 Å². The highest BCUT2D eigenvalue weighted by Gasteiger charge is 2.23. The average Bonchev–Trinajstić information content (AvgIpc) is 3.35. The van der Waals surface area contributed by atoms with Crippen molar-refractivity contribution in [1.29, 1.82) is 0 Å². The summed E-state index contributed by atoms with van der Waals surface area (Å²) in [7, 11) is 1.33. The average molecular weight is 481 g/mol. The van der Waals surface area contributed by atoms with Crippen LogP contribution in [0.3, 0.4) is 0 Å². The lowest BCUT2D eigenvalue weighted by Gasteiger charge is -2.19. The fraction of sp³-hybridized carbons (Fsp3) is 0.207. The zero-order valence-corrected chi connectivity index (χ0v) is 20.1. The van der Waals surface area contributed by atoms with E-state index in [1.54, 1.807) is 24.3 Å². The van der Waals surface area contributed by atoms with Gasteiger partial charge in [-0.2, -0.15) is 0 Å². The molecule has 1 aliphatic heterocycles. The monoisotopic (exact) mass is 480 g/mol. The van der Waals surface area contributed by atoms with E-state index in [1.165, 1.54) is 12.5 Å². The third kappa shape index (κ3) is 5.37. The molecule has 0 spiro atoms. The Balaban J connectivity index is 1.18. The summed E-state index contributed by atoms with van der Waals surface area (Å²) >= 11 is 0. The molecule has 1 unspecified atom stereocenters. The van der Waals surface area contributed by atoms with E-state index in [2.05, 4.69) is 50.8 Å². The molecular formula is C29H28N4O3. The van der Waals surface area contributed by atoms with Crippen LogP contribution in [0, 0.1) is 0 Å². The molecule has 1 aliphatic rings. The summed E-state index contributed by atoms with van der Waals surface area (Å²) in [6.07, 6.45) is 4.79. The van der Waals surface area contributed by atoms with Gasteiger partial charge in [-0.15, -0.1) is 0 Å². The van der Waals surface area contributed by atoms with Crippen molar-refractivity contribution in [2.45, 2.75) is 19.0 Å². The highest BCUT2D eigenvalue weighted by Crippen LogP contribution is 2.25. The van der Waals surface area contributed by atoms with Crippen LogP contribution >= 0.6 is 0 Å². The van der Waals surface area contributed by atoms with E-state index < -0.39 is 5.97 Å². The lowest BCUT2D eigenvalue weighted by molar-refractivity contribution is 0.0600. The fourth-order valence-corrected chi connectivity index (χ4v) is 4.65. The molecule has 1 aromatic heterocycles. The number of amides is 1. The van der Waals surface area contributed by atoms with Crippen LogP contribution in [-0.4, -0.2) is 48.0 Å². The molecule has 1 amide bonds. The first-order valence-electron chi connectivity index (χ1n) is 12.0. The van der Waals surface area contributed by atoms with Gasteiger partial charge in [-0.05, 0) is 60.5 Å². The minimum atomic E-state index is -0.427. The summed E-state index contributed by atoms with van der Waals surface area (Å²) in [4.78, 5) is 30.9. The molecule has 4 aromatic rings. The maximum atomic E-state index is 12.7. The zero-order valence-electron chi connectivity index (χ0n) is 20.1. The molecule has 2 heterocycles. The number of hydrogen-bond acceptors (Lipinski definition) is 6. The van der Waals surface area contributed by atoms with E-state index in [0.717, 1.165) is 48.4 Å². The lowest BCUT2D eigenvalue weighted by atomic mass is 10.1. The highest BCUT2D eigenvalue weighted by molar-refractivity contribution is 6.04. The van der Waals surface area contributed by atoms with E-state index in [-0.39, 0.29) is 5.91 Å². The van der Waals surface area contributed by atoms with Crippen molar-refractivity contribution < 1.29 is 14.3 Å². The van der Waals surface area contributed by atoms with Crippen molar-refractivity contribution in [2.24, 2.45) is 0 Å². The Hall–Kier alpha value is -4.23. The molecule has 3 aromatic carbocycles. The van der Waals surface area contributed by atoms with Gasteiger partial charge in [0.2, 0.25) is 0 Å². The van der Waals surface area contributed by atoms with Gasteiger partial charge in [0.05, 0.1) is 12.7 Å². The zero-order chi connectivity index (χ0) is 24.9. The van der Waals surface area contributed by atoms with Crippen molar-refractivity contribution in [3.8, 4) is 0 Å². The number of esters is 1. The van der Waals surface area contributed by atoms with E-state index in [0.29, 0.717) is 17.2 Å². The van der Waals surface area contributed by atoms with Crippen LogP contribution < -0.4 is 10.6 Å². The first-order chi connectivity index (χ1) is 17.6. The molecule has 7 nitrogen and oxygen atoms in total. The van der Waals surface area contributed by atoms with E-state index in [4.69, 9.17) is 4.74 Å². The van der Waals surface area contributed by atoms with Crippen LogP contribution in [0.25, 0.3) is 10.8 Å². The number of nitrogens with zero attached hydrogens (tertiary/aromatic N) is 2. The largest absolute Gasteiger partial charge is 0.465 e. The summed E-state index contributed by atoms with van der Waals surface area (Å²) in [6.45, 7) is 2.77. The number of fused-ring (bicyclic) bond motifs is 1. The van der Waals surface area contributed by atoms with Crippen molar-refractivity contribution in [3.63, 3.8) is 0 Å².